The van der Waals surface area contributed by atoms with Crippen molar-refractivity contribution in [1.82, 2.24) is 0 Å². The molecular weight excluding hydrogens is 451 g/mol. The fourth-order valence-electron chi connectivity index (χ4n) is 2.45. The Bertz CT molecular complexity index is 849. The maximum atomic E-state index is 12.4. The Morgan fingerprint density at radius 3 is 2.28 bits per heavy atom. The molecule has 0 saturated carbocycles. The van der Waals surface area contributed by atoms with Crippen LogP contribution in [0.15, 0.2) is 48.5 Å². The van der Waals surface area contributed by atoms with Gasteiger partial charge in [0, 0.05) is 9.26 Å². The number of rotatable bonds is 6. The van der Waals surface area contributed by atoms with Crippen LogP contribution in [0.1, 0.15) is 25.3 Å². The monoisotopic (exact) mass is 472 g/mol. The van der Waals surface area contributed by atoms with Crippen LogP contribution in [0.3, 0.4) is 0 Å². The summed E-state index contributed by atoms with van der Waals surface area (Å²) in [6.45, 7) is 3.71. The predicted molar refractivity (Wildman–Crippen MR) is 111 cm³/mol. The molecule has 0 spiro atoms. The van der Waals surface area contributed by atoms with Crippen molar-refractivity contribution in [2.24, 2.45) is 0 Å². The Hall–Kier alpha value is -1.61. The lowest BCUT2D eigenvalue weighted by Crippen LogP contribution is -2.38. The standard InChI is InChI=1S/C18H21IN2O3S/c1-13(2)16-6-4-5-7-17(16)21(25(3,23)24)12-18(22)20-15-10-8-14(19)9-11-15/h4-11,13H,12H2,1-3H3,(H,20,22). The summed E-state index contributed by atoms with van der Waals surface area (Å²) in [5.74, 6) is -0.245. The van der Waals surface area contributed by atoms with E-state index in [-0.39, 0.29) is 18.4 Å². The summed E-state index contributed by atoms with van der Waals surface area (Å²) in [5.41, 5.74) is 2.06. The van der Waals surface area contributed by atoms with Gasteiger partial charge >= 0.3 is 0 Å². The first-order chi connectivity index (χ1) is 11.7. The summed E-state index contributed by atoms with van der Waals surface area (Å²) < 4.78 is 26.8. The van der Waals surface area contributed by atoms with Crippen molar-refractivity contribution in [1.29, 1.82) is 0 Å². The van der Waals surface area contributed by atoms with Gasteiger partial charge in [-0.3, -0.25) is 9.10 Å². The fourth-order valence-corrected chi connectivity index (χ4v) is 3.68. The predicted octanol–water partition coefficient (Wildman–Crippen LogP) is 3.82. The molecular formula is C18H21IN2O3S. The van der Waals surface area contributed by atoms with E-state index in [1.807, 2.05) is 38.1 Å². The molecule has 0 radical (unpaired) electrons. The molecule has 0 aromatic heterocycles. The Balaban J connectivity index is 2.28. The van der Waals surface area contributed by atoms with Gasteiger partial charge in [0.2, 0.25) is 15.9 Å². The molecule has 7 heteroatoms. The van der Waals surface area contributed by atoms with Crippen LogP contribution in [0.4, 0.5) is 11.4 Å². The second kappa shape index (κ2) is 8.18. The molecule has 2 aromatic carbocycles. The lowest BCUT2D eigenvalue weighted by Gasteiger charge is -2.25. The highest BCUT2D eigenvalue weighted by molar-refractivity contribution is 14.1. The number of hydrogen-bond acceptors (Lipinski definition) is 3. The van der Waals surface area contributed by atoms with E-state index in [1.54, 1.807) is 24.3 Å². The Morgan fingerprint density at radius 2 is 1.72 bits per heavy atom. The van der Waals surface area contributed by atoms with Crippen molar-refractivity contribution in [3.63, 3.8) is 0 Å². The largest absolute Gasteiger partial charge is 0.325 e. The van der Waals surface area contributed by atoms with Crippen molar-refractivity contribution in [3.05, 3.63) is 57.7 Å². The van der Waals surface area contributed by atoms with Gasteiger partial charge in [-0.2, -0.15) is 0 Å². The van der Waals surface area contributed by atoms with E-state index >= 15 is 0 Å². The first-order valence-corrected chi connectivity index (χ1v) is 10.7. The van der Waals surface area contributed by atoms with Gasteiger partial charge in [-0.1, -0.05) is 32.0 Å². The van der Waals surface area contributed by atoms with Crippen LogP contribution in [0.5, 0.6) is 0 Å². The number of carbonyl (C=O) groups is 1. The highest BCUT2D eigenvalue weighted by Crippen LogP contribution is 2.28. The van der Waals surface area contributed by atoms with Crippen LogP contribution in [0.2, 0.25) is 0 Å². The van der Waals surface area contributed by atoms with Crippen molar-refractivity contribution in [2.75, 3.05) is 22.4 Å². The summed E-state index contributed by atoms with van der Waals surface area (Å²) in [6, 6.07) is 14.6. The molecule has 2 aromatic rings. The topological polar surface area (TPSA) is 66.5 Å². The van der Waals surface area contributed by atoms with Crippen molar-refractivity contribution < 1.29 is 13.2 Å². The van der Waals surface area contributed by atoms with Crippen molar-refractivity contribution in [3.8, 4) is 0 Å². The molecule has 0 heterocycles. The van der Waals surface area contributed by atoms with Gasteiger partial charge in [0.25, 0.3) is 0 Å². The number of nitrogens with one attached hydrogen (secondary N) is 1. The molecule has 0 atom stereocenters. The summed E-state index contributed by atoms with van der Waals surface area (Å²) in [6.07, 6.45) is 1.11. The average molecular weight is 472 g/mol. The molecule has 0 saturated heterocycles. The van der Waals surface area contributed by atoms with Crippen LogP contribution in [0.25, 0.3) is 0 Å². The molecule has 2 rings (SSSR count). The Labute approximate surface area is 162 Å². The number of benzene rings is 2. The molecule has 134 valence electrons. The van der Waals surface area contributed by atoms with E-state index in [9.17, 15) is 13.2 Å². The number of anilines is 2. The van der Waals surface area contributed by atoms with E-state index in [1.165, 1.54) is 0 Å². The first kappa shape index (κ1) is 19.7. The number of carbonyl (C=O) groups excluding carboxylic acids is 1. The summed E-state index contributed by atoms with van der Waals surface area (Å²) >= 11 is 2.18. The minimum Gasteiger partial charge on any atom is -0.325 e. The molecule has 1 N–H and O–H groups in total. The smallest absolute Gasteiger partial charge is 0.245 e. The lowest BCUT2D eigenvalue weighted by molar-refractivity contribution is -0.114. The third-order valence-electron chi connectivity index (χ3n) is 3.64. The van der Waals surface area contributed by atoms with Gasteiger partial charge in [-0.15, -0.1) is 0 Å². The second-order valence-electron chi connectivity index (χ2n) is 6.04. The van der Waals surface area contributed by atoms with E-state index in [0.717, 1.165) is 19.7 Å². The number of sulfonamides is 1. The molecule has 5 nitrogen and oxygen atoms in total. The minimum atomic E-state index is -3.60. The highest BCUT2D eigenvalue weighted by atomic mass is 127. The summed E-state index contributed by atoms with van der Waals surface area (Å²) in [5, 5.41) is 2.74. The first-order valence-electron chi connectivity index (χ1n) is 7.80. The van der Waals surface area contributed by atoms with Crippen molar-refractivity contribution in [2.45, 2.75) is 19.8 Å². The maximum Gasteiger partial charge on any atom is 0.245 e. The molecule has 1 amide bonds. The fraction of sp³-hybridized carbons (Fsp3) is 0.278. The SMILES string of the molecule is CC(C)c1ccccc1N(CC(=O)Nc1ccc(I)cc1)S(C)(=O)=O. The number of nitrogens with zero attached hydrogens (tertiary/aromatic N) is 1. The van der Waals surface area contributed by atoms with E-state index in [4.69, 9.17) is 0 Å². The zero-order valence-corrected chi connectivity index (χ0v) is 17.3. The van der Waals surface area contributed by atoms with E-state index < -0.39 is 10.0 Å². The van der Waals surface area contributed by atoms with E-state index in [2.05, 4.69) is 27.9 Å². The number of halogens is 1. The molecule has 0 unspecified atom stereocenters. The van der Waals surface area contributed by atoms with Gasteiger partial charge < -0.3 is 5.32 Å². The van der Waals surface area contributed by atoms with E-state index in [0.29, 0.717) is 11.4 Å². The lowest BCUT2D eigenvalue weighted by atomic mass is 10.0. The van der Waals surface area contributed by atoms with Crippen molar-refractivity contribution >= 4 is 49.9 Å². The van der Waals surface area contributed by atoms with Crippen LogP contribution in [-0.4, -0.2) is 27.1 Å². The summed E-state index contributed by atoms with van der Waals surface area (Å²) in [4.78, 5) is 12.4. The molecule has 0 aliphatic heterocycles. The quantitative estimate of drug-likeness (QED) is 0.651. The van der Waals surface area contributed by atoms with Crippen LogP contribution < -0.4 is 9.62 Å². The third-order valence-corrected chi connectivity index (χ3v) is 5.49. The maximum absolute atomic E-state index is 12.4. The van der Waals surface area contributed by atoms with Gasteiger partial charge in [0.15, 0.2) is 0 Å². The van der Waals surface area contributed by atoms with Gasteiger partial charge in [-0.25, -0.2) is 8.42 Å². The number of amides is 1. The number of hydrogen-bond donors (Lipinski definition) is 1. The molecule has 0 aliphatic carbocycles. The Kier molecular flexibility index (Phi) is 6.45. The summed E-state index contributed by atoms with van der Waals surface area (Å²) in [7, 11) is -3.60. The Morgan fingerprint density at radius 1 is 1.12 bits per heavy atom. The molecule has 0 fully saturated rings. The minimum absolute atomic E-state index is 0.139. The normalized spacial score (nSPS) is 11.4. The molecule has 25 heavy (non-hydrogen) atoms. The third kappa shape index (κ3) is 5.43. The molecule has 0 aliphatic rings. The zero-order valence-electron chi connectivity index (χ0n) is 14.4. The second-order valence-corrected chi connectivity index (χ2v) is 9.19. The average Bonchev–Trinajstić information content (AvgIpc) is 2.54. The highest BCUT2D eigenvalue weighted by Gasteiger charge is 2.23. The van der Waals surface area contributed by atoms with Crippen LogP contribution in [-0.2, 0) is 14.8 Å². The van der Waals surface area contributed by atoms with Gasteiger partial charge in [-0.05, 0) is 64.4 Å². The van der Waals surface area contributed by atoms with Crippen LogP contribution >= 0.6 is 22.6 Å². The molecule has 0 bridgehead atoms. The van der Waals surface area contributed by atoms with Gasteiger partial charge in [0.05, 0.1) is 11.9 Å². The zero-order chi connectivity index (χ0) is 18.6. The number of para-hydroxylation sites is 1. The van der Waals surface area contributed by atoms with Crippen LogP contribution in [0, 0.1) is 3.57 Å². The van der Waals surface area contributed by atoms with Gasteiger partial charge in [0.1, 0.15) is 6.54 Å².